The number of ether oxygens (including phenoxy) is 1. The average molecular weight is 368 g/mol. The molecule has 0 bridgehead atoms. The Balaban J connectivity index is 1.48. The maximum atomic E-state index is 10.0. The van der Waals surface area contributed by atoms with Crippen LogP contribution in [0.3, 0.4) is 0 Å². The Morgan fingerprint density at radius 2 is 1.74 bits per heavy atom. The van der Waals surface area contributed by atoms with Crippen molar-refractivity contribution < 1.29 is 9.84 Å². The van der Waals surface area contributed by atoms with Gasteiger partial charge in [0.05, 0.1) is 12.2 Å². The van der Waals surface area contributed by atoms with Gasteiger partial charge in [0.1, 0.15) is 17.6 Å². The van der Waals surface area contributed by atoms with Gasteiger partial charge in [0, 0.05) is 33.2 Å². The number of para-hydroxylation sites is 3. The van der Waals surface area contributed by atoms with Crippen LogP contribution in [0.5, 0.6) is 11.5 Å². The fourth-order valence-corrected chi connectivity index (χ4v) is 3.23. The number of piperazine rings is 1. The van der Waals surface area contributed by atoms with E-state index in [0.29, 0.717) is 12.3 Å². The van der Waals surface area contributed by atoms with Gasteiger partial charge in [-0.25, -0.2) is 0 Å². The van der Waals surface area contributed by atoms with Crippen LogP contribution >= 0.6 is 0 Å². The highest BCUT2D eigenvalue weighted by Gasteiger charge is 2.21. The monoisotopic (exact) mass is 368 g/mol. The van der Waals surface area contributed by atoms with Gasteiger partial charge < -0.3 is 25.0 Å². The summed E-state index contributed by atoms with van der Waals surface area (Å²) in [6.07, 6.45) is 0.0340. The van der Waals surface area contributed by atoms with E-state index in [9.17, 15) is 5.11 Å². The van der Waals surface area contributed by atoms with Crippen molar-refractivity contribution in [3.63, 3.8) is 0 Å². The molecule has 1 atom stereocenters. The predicted molar refractivity (Wildman–Crippen MR) is 110 cm³/mol. The summed E-state index contributed by atoms with van der Waals surface area (Å²) in [4.78, 5) is 8.86. The normalized spacial score (nSPS) is 16.1. The number of anilines is 1. The summed E-state index contributed by atoms with van der Waals surface area (Å²) in [7, 11) is 1.81. The third-order valence-corrected chi connectivity index (χ3v) is 4.64. The van der Waals surface area contributed by atoms with Crippen LogP contribution in [-0.4, -0.2) is 61.8 Å². The molecule has 1 aliphatic heterocycles. The summed E-state index contributed by atoms with van der Waals surface area (Å²) in [5.41, 5.74) is 0.893. The molecule has 2 aromatic rings. The van der Waals surface area contributed by atoms with Crippen molar-refractivity contribution in [1.82, 2.24) is 10.2 Å². The van der Waals surface area contributed by atoms with Gasteiger partial charge >= 0.3 is 0 Å². The minimum absolute atomic E-state index is 0.0340. The molecular weight excluding hydrogens is 340 g/mol. The second-order valence-electron chi connectivity index (χ2n) is 6.63. The van der Waals surface area contributed by atoms with E-state index >= 15 is 0 Å². The summed E-state index contributed by atoms with van der Waals surface area (Å²) in [6.45, 7) is 6.11. The van der Waals surface area contributed by atoms with Crippen molar-refractivity contribution >= 4 is 11.6 Å². The predicted octanol–water partition coefficient (Wildman–Crippen LogP) is 2.56. The molecule has 6 nitrogen and oxygen atoms in total. The van der Waals surface area contributed by atoms with E-state index in [1.165, 1.54) is 0 Å². The fraction of sp³-hybridized carbons (Fsp3) is 0.381. The van der Waals surface area contributed by atoms with Gasteiger partial charge in [-0.2, -0.15) is 0 Å². The quantitative estimate of drug-likeness (QED) is 0.627. The Labute approximate surface area is 161 Å². The molecule has 1 heterocycles. The molecule has 27 heavy (non-hydrogen) atoms. The van der Waals surface area contributed by atoms with Crippen LogP contribution in [0.15, 0.2) is 59.6 Å². The number of benzene rings is 2. The Morgan fingerprint density at radius 3 is 2.41 bits per heavy atom. The molecule has 0 aromatic heterocycles. The number of phenolic OH excluding ortho intramolecular Hbond substituents is 1. The molecule has 1 aliphatic rings. The van der Waals surface area contributed by atoms with Crippen LogP contribution < -0.4 is 15.0 Å². The lowest BCUT2D eigenvalue weighted by molar-refractivity contribution is 0.221. The molecule has 3 rings (SSSR count). The first-order chi connectivity index (χ1) is 13.2. The molecule has 0 saturated carbocycles. The van der Waals surface area contributed by atoms with Gasteiger partial charge in [-0.15, -0.1) is 0 Å². The summed E-state index contributed by atoms with van der Waals surface area (Å²) < 4.78 is 5.91. The number of hydrogen-bond donors (Lipinski definition) is 2. The summed E-state index contributed by atoms with van der Waals surface area (Å²) >= 11 is 0. The van der Waals surface area contributed by atoms with Crippen LogP contribution in [0.25, 0.3) is 0 Å². The van der Waals surface area contributed by atoms with Crippen LogP contribution in [-0.2, 0) is 0 Å². The Bertz CT molecular complexity index is 743. The van der Waals surface area contributed by atoms with Gasteiger partial charge in [-0.05, 0) is 31.2 Å². The summed E-state index contributed by atoms with van der Waals surface area (Å²) in [5, 5.41) is 13.5. The first-order valence-electron chi connectivity index (χ1n) is 9.37. The van der Waals surface area contributed by atoms with Gasteiger partial charge in [-0.3, -0.25) is 4.99 Å². The molecule has 0 spiro atoms. The zero-order valence-electron chi connectivity index (χ0n) is 16.0. The molecule has 1 unspecified atom stereocenters. The second kappa shape index (κ2) is 9.16. The smallest absolute Gasteiger partial charge is 0.193 e. The zero-order valence-corrected chi connectivity index (χ0v) is 16.0. The van der Waals surface area contributed by atoms with Crippen molar-refractivity contribution in [3.05, 3.63) is 54.6 Å². The van der Waals surface area contributed by atoms with Crippen molar-refractivity contribution in [3.8, 4) is 11.5 Å². The van der Waals surface area contributed by atoms with Crippen molar-refractivity contribution in [2.24, 2.45) is 4.99 Å². The average Bonchev–Trinajstić information content (AvgIpc) is 2.70. The molecular formula is C21H28N4O2. The highest BCUT2D eigenvalue weighted by molar-refractivity contribution is 5.80. The van der Waals surface area contributed by atoms with Crippen molar-refractivity contribution in [1.29, 1.82) is 0 Å². The fourth-order valence-electron chi connectivity index (χ4n) is 3.23. The third-order valence-electron chi connectivity index (χ3n) is 4.64. The molecule has 1 saturated heterocycles. The number of aromatic hydroxyl groups is 1. The molecule has 0 radical (unpaired) electrons. The SMILES string of the molecule is CN=C(NCC(C)Oc1ccccc1)N1CCN(c2ccccc2O)CC1. The van der Waals surface area contributed by atoms with Crippen LogP contribution in [0.4, 0.5) is 5.69 Å². The minimum atomic E-state index is 0.0340. The van der Waals surface area contributed by atoms with Gasteiger partial charge in [-0.1, -0.05) is 30.3 Å². The van der Waals surface area contributed by atoms with E-state index < -0.39 is 0 Å². The zero-order chi connectivity index (χ0) is 19.1. The number of aliphatic imine (C=N–C) groups is 1. The van der Waals surface area contributed by atoms with Gasteiger partial charge in [0.15, 0.2) is 5.96 Å². The number of phenols is 1. The highest BCUT2D eigenvalue weighted by atomic mass is 16.5. The number of hydrogen-bond acceptors (Lipinski definition) is 4. The molecule has 144 valence electrons. The van der Waals surface area contributed by atoms with Crippen molar-refractivity contribution in [2.45, 2.75) is 13.0 Å². The lowest BCUT2D eigenvalue weighted by Crippen LogP contribution is -2.53. The summed E-state index contributed by atoms with van der Waals surface area (Å²) in [5.74, 6) is 2.09. The van der Waals surface area contributed by atoms with Crippen LogP contribution in [0.1, 0.15) is 6.92 Å². The maximum Gasteiger partial charge on any atom is 0.193 e. The van der Waals surface area contributed by atoms with E-state index in [1.807, 2.05) is 55.5 Å². The van der Waals surface area contributed by atoms with E-state index in [0.717, 1.165) is 43.6 Å². The van der Waals surface area contributed by atoms with Gasteiger partial charge in [0.25, 0.3) is 0 Å². The first kappa shape index (κ1) is 18.9. The molecule has 2 aromatic carbocycles. The molecule has 0 aliphatic carbocycles. The number of rotatable bonds is 5. The van der Waals surface area contributed by atoms with Crippen LogP contribution in [0, 0.1) is 0 Å². The largest absolute Gasteiger partial charge is 0.506 e. The second-order valence-corrected chi connectivity index (χ2v) is 6.63. The summed E-state index contributed by atoms with van der Waals surface area (Å²) in [6, 6.07) is 17.3. The number of nitrogens with one attached hydrogen (secondary N) is 1. The minimum Gasteiger partial charge on any atom is -0.506 e. The third kappa shape index (κ3) is 5.06. The lowest BCUT2D eigenvalue weighted by Gasteiger charge is -2.38. The van der Waals surface area contributed by atoms with Crippen molar-refractivity contribution in [2.75, 3.05) is 44.7 Å². The number of nitrogens with zero attached hydrogens (tertiary/aromatic N) is 3. The van der Waals surface area contributed by atoms with Gasteiger partial charge in [0.2, 0.25) is 0 Å². The number of guanidine groups is 1. The Hall–Kier alpha value is -2.89. The standard InChI is InChI=1S/C21H28N4O2/c1-17(27-18-8-4-3-5-9-18)16-23-21(22-2)25-14-12-24(13-15-25)19-10-6-7-11-20(19)26/h3-11,17,26H,12-16H2,1-2H3,(H,22,23). The Morgan fingerprint density at radius 1 is 1.07 bits per heavy atom. The molecule has 1 fully saturated rings. The molecule has 2 N–H and O–H groups in total. The molecule has 6 heteroatoms. The van der Waals surface area contributed by atoms with E-state index in [-0.39, 0.29) is 6.10 Å². The first-order valence-corrected chi connectivity index (χ1v) is 9.37. The van der Waals surface area contributed by atoms with E-state index in [2.05, 4.69) is 20.1 Å². The topological polar surface area (TPSA) is 60.3 Å². The highest BCUT2D eigenvalue weighted by Crippen LogP contribution is 2.27. The van der Waals surface area contributed by atoms with E-state index in [1.54, 1.807) is 13.1 Å². The lowest BCUT2D eigenvalue weighted by atomic mass is 10.2. The Kier molecular flexibility index (Phi) is 6.41. The molecule has 0 amide bonds. The maximum absolute atomic E-state index is 10.0. The van der Waals surface area contributed by atoms with Crippen LogP contribution in [0.2, 0.25) is 0 Å². The van der Waals surface area contributed by atoms with E-state index in [4.69, 9.17) is 4.74 Å².